The van der Waals surface area contributed by atoms with Gasteiger partial charge in [-0.3, -0.25) is 9.59 Å². The maximum Gasteiger partial charge on any atom is 0.282 e. The van der Waals surface area contributed by atoms with E-state index in [4.69, 9.17) is 16.9 Å². The van der Waals surface area contributed by atoms with Gasteiger partial charge in [-0.2, -0.15) is 5.26 Å². The van der Waals surface area contributed by atoms with E-state index in [1.54, 1.807) is 42.5 Å². The fourth-order valence-corrected chi connectivity index (χ4v) is 4.04. The number of halogens is 1. The summed E-state index contributed by atoms with van der Waals surface area (Å²) < 4.78 is 0. The fraction of sp³-hybridized carbons (Fsp3) is 0.115. The third-order valence-corrected chi connectivity index (χ3v) is 5.67. The van der Waals surface area contributed by atoms with Crippen LogP contribution in [0.25, 0.3) is 5.57 Å². The Kier molecular flexibility index (Phi) is 5.56. The number of benzene rings is 3. The van der Waals surface area contributed by atoms with Crippen molar-refractivity contribution < 1.29 is 9.59 Å². The van der Waals surface area contributed by atoms with E-state index in [-0.39, 0.29) is 5.70 Å². The Morgan fingerprint density at radius 1 is 0.875 bits per heavy atom. The van der Waals surface area contributed by atoms with Crippen LogP contribution in [-0.4, -0.2) is 11.8 Å². The van der Waals surface area contributed by atoms with Crippen LogP contribution in [0.5, 0.6) is 0 Å². The largest absolute Gasteiger partial charge is 0.350 e. The maximum atomic E-state index is 13.6. The summed E-state index contributed by atoms with van der Waals surface area (Å²) in [6.07, 6.45) is 0. The van der Waals surface area contributed by atoms with Crippen LogP contribution >= 0.6 is 11.6 Å². The van der Waals surface area contributed by atoms with Crippen molar-refractivity contribution in [1.29, 1.82) is 5.26 Å². The lowest BCUT2D eigenvalue weighted by atomic mass is 9.97. The highest BCUT2D eigenvalue weighted by atomic mass is 35.5. The van der Waals surface area contributed by atoms with Gasteiger partial charge in [0, 0.05) is 10.7 Å². The number of rotatable bonds is 4. The minimum atomic E-state index is -0.455. The molecule has 0 saturated heterocycles. The predicted molar refractivity (Wildman–Crippen MR) is 126 cm³/mol. The molecule has 1 N–H and O–H groups in total. The average molecular weight is 442 g/mol. The first kappa shape index (κ1) is 21.4. The fourth-order valence-electron chi connectivity index (χ4n) is 3.81. The van der Waals surface area contributed by atoms with Gasteiger partial charge in [-0.05, 0) is 79.9 Å². The number of hydrogen-bond donors (Lipinski definition) is 1. The lowest BCUT2D eigenvalue weighted by Gasteiger charge is -2.16. The zero-order valence-electron chi connectivity index (χ0n) is 17.9. The highest BCUT2D eigenvalue weighted by molar-refractivity contribution is 6.46. The van der Waals surface area contributed by atoms with Crippen LogP contribution in [-0.2, 0) is 9.59 Å². The molecule has 4 rings (SSSR count). The van der Waals surface area contributed by atoms with E-state index in [2.05, 4.69) is 5.32 Å². The molecule has 3 aromatic carbocycles. The van der Waals surface area contributed by atoms with Crippen molar-refractivity contribution in [3.63, 3.8) is 0 Å². The van der Waals surface area contributed by atoms with Crippen molar-refractivity contribution in [2.75, 3.05) is 10.2 Å². The number of carbonyl (C=O) groups excluding carboxylic acids is 2. The molecule has 1 heterocycles. The van der Waals surface area contributed by atoms with Gasteiger partial charge in [0.25, 0.3) is 11.8 Å². The molecule has 0 unspecified atom stereocenters. The summed E-state index contributed by atoms with van der Waals surface area (Å²) in [7, 11) is 0. The van der Waals surface area contributed by atoms with Gasteiger partial charge >= 0.3 is 0 Å². The first-order valence-corrected chi connectivity index (χ1v) is 10.4. The molecule has 0 bridgehead atoms. The highest BCUT2D eigenvalue weighted by Crippen LogP contribution is 2.36. The molecule has 0 aromatic heterocycles. The lowest BCUT2D eigenvalue weighted by molar-refractivity contribution is -0.120. The minimum absolute atomic E-state index is 0.205. The molecule has 1 aliphatic rings. The Labute approximate surface area is 191 Å². The molecule has 32 heavy (non-hydrogen) atoms. The topological polar surface area (TPSA) is 73.2 Å². The number of nitriles is 1. The SMILES string of the molecule is Cc1ccc(C2=C(Nc3ccc(Cl)cc3C)C(=O)N(c3ccc(C#N)cc3)C2=O)c(C)c1. The van der Waals surface area contributed by atoms with E-state index in [1.807, 2.05) is 45.0 Å². The van der Waals surface area contributed by atoms with Crippen LogP contribution in [0, 0.1) is 32.1 Å². The molecular weight excluding hydrogens is 422 g/mol. The lowest BCUT2D eigenvalue weighted by Crippen LogP contribution is -2.32. The van der Waals surface area contributed by atoms with Crippen molar-refractivity contribution >= 4 is 40.4 Å². The minimum Gasteiger partial charge on any atom is -0.350 e. The van der Waals surface area contributed by atoms with Crippen molar-refractivity contribution in [2.45, 2.75) is 20.8 Å². The van der Waals surface area contributed by atoms with Crippen LogP contribution < -0.4 is 10.2 Å². The summed E-state index contributed by atoms with van der Waals surface area (Å²) in [5, 5.41) is 12.8. The predicted octanol–water partition coefficient (Wildman–Crippen LogP) is 5.53. The second-order valence-corrected chi connectivity index (χ2v) is 8.19. The summed E-state index contributed by atoms with van der Waals surface area (Å²) in [6, 6.07) is 19.5. The van der Waals surface area contributed by atoms with Gasteiger partial charge in [0.05, 0.1) is 22.9 Å². The number of anilines is 2. The molecule has 0 fully saturated rings. The molecule has 1 aliphatic heterocycles. The highest BCUT2D eigenvalue weighted by Gasteiger charge is 2.40. The van der Waals surface area contributed by atoms with E-state index < -0.39 is 11.8 Å². The van der Waals surface area contributed by atoms with Crippen LogP contribution in [0.15, 0.2) is 66.4 Å². The Morgan fingerprint density at radius 2 is 1.59 bits per heavy atom. The molecule has 3 aromatic rings. The number of nitrogens with one attached hydrogen (secondary N) is 1. The van der Waals surface area contributed by atoms with Crippen molar-refractivity contribution in [3.05, 3.63) is 99.2 Å². The van der Waals surface area contributed by atoms with E-state index in [0.29, 0.717) is 33.1 Å². The van der Waals surface area contributed by atoms with Gasteiger partial charge in [-0.1, -0.05) is 35.4 Å². The molecular formula is C26H20ClN3O2. The summed E-state index contributed by atoms with van der Waals surface area (Å²) in [4.78, 5) is 28.2. The molecule has 0 spiro atoms. The first-order valence-electron chi connectivity index (χ1n) is 10.0. The number of amides is 2. The van der Waals surface area contributed by atoms with E-state index in [1.165, 1.54) is 0 Å². The van der Waals surface area contributed by atoms with Crippen molar-refractivity contribution in [2.24, 2.45) is 0 Å². The van der Waals surface area contributed by atoms with Gasteiger partial charge in [0.15, 0.2) is 0 Å². The molecule has 0 atom stereocenters. The third kappa shape index (κ3) is 3.77. The van der Waals surface area contributed by atoms with Gasteiger partial charge in [-0.15, -0.1) is 0 Å². The van der Waals surface area contributed by atoms with Crippen LogP contribution in [0.3, 0.4) is 0 Å². The Morgan fingerprint density at radius 3 is 2.22 bits per heavy atom. The molecule has 2 amide bonds. The third-order valence-electron chi connectivity index (χ3n) is 5.44. The number of imide groups is 1. The standard InChI is InChI=1S/C26H20ClN3O2/c1-15-4-10-21(16(2)12-15)23-24(29-22-11-7-19(27)13-17(22)3)26(32)30(25(23)31)20-8-5-18(14-28)6-9-20/h4-13,29H,1-3H3. The number of nitrogens with zero attached hydrogens (tertiary/aromatic N) is 2. The van der Waals surface area contributed by atoms with E-state index in [9.17, 15) is 9.59 Å². The molecule has 0 saturated carbocycles. The summed E-state index contributed by atoms with van der Waals surface area (Å²) in [6.45, 7) is 5.78. The summed E-state index contributed by atoms with van der Waals surface area (Å²) in [5.74, 6) is -0.871. The quantitative estimate of drug-likeness (QED) is 0.540. The molecule has 0 aliphatic carbocycles. The second-order valence-electron chi connectivity index (χ2n) is 7.76. The summed E-state index contributed by atoms with van der Waals surface area (Å²) >= 11 is 6.08. The summed E-state index contributed by atoms with van der Waals surface area (Å²) in [5.41, 5.74) is 5.57. The number of hydrogen-bond acceptors (Lipinski definition) is 4. The van der Waals surface area contributed by atoms with Crippen LogP contribution in [0.1, 0.15) is 27.8 Å². The first-order chi connectivity index (χ1) is 15.3. The van der Waals surface area contributed by atoms with E-state index in [0.717, 1.165) is 21.6 Å². The molecule has 158 valence electrons. The van der Waals surface area contributed by atoms with Gasteiger partial charge in [0.1, 0.15) is 5.70 Å². The Hall–Kier alpha value is -3.88. The van der Waals surface area contributed by atoms with Gasteiger partial charge < -0.3 is 5.32 Å². The molecule has 6 heteroatoms. The normalized spacial score (nSPS) is 13.5. The van der Waals surface area contributed by atoms with Gasteiger partial charge in [-0.25, -0.2) is 4.90 Å². The maximum absolute atomic E-state index is 13.6. The van der Waals surface area contributed by atoms with Gasteiger partial charge in [0.2, 0.25) is 0 Å². The zero-order chi connectivity index (χ0) is 23.0. The van der Waals surface area contributed by atoms with Crippen molar-refractivity contribution in [3.8, 4) is 6.07 Å². The van der Waals surface area contributed by atoms with E-state index >= 15 is 0 Å². The monoisotopic (exact) mass is 441 g/mol. The Bertz CT molecular complexity index is 1330. The van der Waals surface area contributed by atoms with Crippen LogP contribution in [0.2, 0.25) is 5.02 Å². The van der Waals surface area contributed by atoms with Crippen molar-refractivity contribution in [1.82, 2.24) is 0 Å². The zero-order valence-corrected chi connectivity index (χ0v) is 18.6. The molecule has 5 nitrogen and oxygen atoms in total. The number of carbonyl (C=O) groups is 2. The van der Waals surface area contributed by atoms with Crippen LogP contribution in [0.4, 0.5) is 11.4 Å². The average Bonchev–Trinajstić information content (AvgIpc) is 3.00. The molecule has 0 radical (unpaired) electrons. The smallest absolute Gasteiger partial charge is 0.282 e. The Balaban J connectivity index is 1.86. The second kappa shape index (κ2) is 8.33. The number of aryl methyl sites for hydroxylation is 3.